The molecule has 1 aromatic carbocycles. The van der Waals surface area contributed by atoms with Gasteiger partial charge in [0.05, 0.1) is 15.4 Å². The van der Waals surface area contributed by atoms with E-state index in [0.717, 1.165) is 26.2 Å². The molecule has 0 aliphatic carbocycles. The molecule has 2 rings (SSSR count). The van der Waals surface area contributed by atoms with E-state index in [9.17, 15) is 14.5 Å². The Bertz CT molecular complexity index is 466. The molecule has 1 aliphatic rings. The summed E-state index contributed by atoms with van der Waals surface area (Å²) in [5.41, 5.74) is 0.630. The number of nitro benzene ring substituents is 1. The van der Waals surface area contributed by atoms with Crippen molar-refractivity contribution in [2.24, 2.45) is 0 Å². The summed E-state index contributed by atoms with van der Waals surface area (Å²) in [5.74, 6) is 0. The van der Waals surface area contributed by atoms with Gasteiger partial charge in [-0.2, -0.15) is 0 Å². The number of benzene rings is 1. The standard InChI is InChI=1S/C12H15BrFN3O2/c13-10-2-1-9(7-11(10)17(18)19)12(8-14)16-5-3-15-4-6-16/h1-2,7,12,15H,3-6,8H2/t12-/m0/s1. The van der Waals surface area contributed by atoms with Crippen molar-refractivity contribution in [2.75, 3.05) is 32.9 Å². The Labute approximate surface area is 119 Å². The second-order valence-corrected chi connectivity index (χ2v) is 5.28. The van der Waals surface area contributed by atoms with Gasteiger partial charge in [-0.15, -0.1) is 0 Å². The Balaban J connectivity index is 2.27. The molecule has 19 heavy (non-hydrogen) atoms. The molecule has 0 unspecified atom stereocenters. The summed E-state index contributed by atoms with van der Waals surface area (Å²) in [5, 5.41) is 14.1. The zero-order valence-electron chi connectivity index (χ0n) is 10.3. The molecule has 1 atom stereocenters. The largest absolute Gasteiger partial charge is 0.314 e. The van der Waals surface area contributed by atoms with Crippen molar-refractivity contribution in [3.63, 3.8) is 0 Å². The zero-order valence-corrected chi connectivity index (χ0v) is 11.9. The topological polar surface area (TPSA) is 58.4 Å². The van der Waals surface area contributed by atoms with Gasteiger partial charge in [0.25, 0.3) is 5.69 Å². The monoisotopic (exact) mass is 331 g/mol. The van der Waals surface area contributed by atoms with Crippen molar-refractivity contribution in [1.82, 2.24) is 10.2 Å². The Hall–Kier alpha value is -1.05. The van der Waals surface area contributed by atoms with E-state index in [1.165, 1.54) is 6.07 Å². The summed E-state index contributed by atoms with van der Waals surface area (Å²) >= 11 is 3.14. The first-order valence-corrected chi connectivity index (χ1v) is 6.87. The van der Waals surface area contributed by atoms with Crippen LogP contribution in [0.4, 0.5) is 10.1 Å². The third kappa shape index (κ3) is 3.29. The number of hydrogen-bond donors (Lipinski definition) is 1. The Morgan fingerprint density at radius 1 is 1.47 bits per heavy atom. The summed E-state index contributed by atoms with van der Waals surface area (Å²) in [6.07, 6.45) is 0. The van der Waals surface area contributed by atoms with Crippen LogP contribution in [-0.2, 0) is 0 Å². The molecule has 7 heteroatoms. The van der Waals surface area contributed by atoms with Crippen molar-refractivity contribution >= 4 is 21.6 Å². The molecule has 5 nitrogen and oxygen atoms in total. The van der Waals surface area contributed by atoms with Crippen molar-refractivity contribution < 1.29 is 9.31 Å². The molecule has 104 valence electrons. The van der Waals surface area contributed by atoms with Gasteiger partial charge >= 0.3 is 0 Å². The second kappa shape index (κ2) is 6.40. The first-order valence-electron chi connectivity index (χ1n) is 6.08. The predicted molar refractivity (Wildman–Crippen MR) is 74.0 cm³/mol. The molecule has 0 spiro atoms. The minimum absolute atomic E-state index is 0.0221. The van der Waals surface area contributed by atoms with Crippen LogP contribution in [0.2, 0.25) is 0 Å². The van der Waals surface area contributed by atoms with E-state index >= 15 is 0 Å². The first-order chi connectivity index (χ1) is 9.13. The third-order valence-electron chi connectivity index (χ3n) is 3.29. The lowest BCUT2D eigenvalue weighted by atomic mass is 10.0. The van der Waals surface area contributed by atoms with Gasteiger partial charge in [-0.25, -0.2) is 4.39 Å². The van der Waals surface area contributed by atoms with Crippen LogP contribution < -0.4 is 5.32 Å². The van der Waals surface area contributed by atoms with Crippen LogP contribution in [0, 0.1) is 10.1 Å². The normalized spacial score (nSPS) is 18.2. The molecule has 1 aliphatic heterocycles. The van der Waals surface area contributed by atoms with Crippen LogP contribution in [0.25, 0.3) is 0 Å². The maximum absolute atomic E-state index is 13.3. The number of nitro groups is 1. The van der Waals surface area contributed by atoms with Crippen molar-refractivity contribution in [3.05, 3.63) is 38.3 Å². The van der Waals surface area contributed by atoms with E-state index in [4.69, 9.17) is 0 Å². The van der Waals surface area contributed by atoms with Gasteiger partial charge < -0.3 is 5.32 Å². The number of halogens is 2. The molecule has 0 amide bonds. The molecule has 1 aromatic rings. The Morgan fingerprint density at radius 3 is 2.74 bits per heavy atom. The van der Waals surface area contributed by atoms with Crippen LogP contribution in [-0.4, -0.2) is 42.7 Å². The quantitative estimate of drug-likeness (QED) is 0.679. The van der Waals surface area contributed by atoms with E-state index < -0.39 is 17.6 Å². The number of alkyl halides is 1. The van der Waals surface area contributed by atoms with E-state index in [2.05, 4.69) is 21.2 Å². The summed E-state index contributed by atoms with van der Waals surface area (Å²) in [6, 6.07) is 4.40. The third-order valence-corrected chi connectivity index (χ3v) is 3.96. The van der Waals surface area contributed by atoms with Crippen LogP contribution in [0.15, 0.2) is 22.7 Å². The minimum Gasteiger partial charge on any atom is -0.314 e. The highest BCUT2D eigenvalue weighted by Crippen LogP contribution is 2.30. The maximum atomic E-state index is 13.3. The van der Waals surface area contributed by atoms with Crippen LogP contribution >= 0.6 is 15.9 Å². The van der Waals surface area contributed by atoms with E-state index in [-0.39, 0.29) is 5.69 Å². The highest BCUT2D eigenvalue weighted by molar-refractivity contribution is 9.10. The van der Waals surface area contributed by atoms with E-state index in [0.29, 0.717) is 10.0 Å². The van der Waals surface area contributed by atoms with Crippen LogP contribution in [0.3, 0.4) is 0 Å². The lowest BCUT2D eigenvalue weighted by Crippen LogP contribution is -2.45. The molecule has 0 radical (unpaired) electrons. The summed E-state index contributed by atoms with van der Waals surface area (Å²) in [6.45, 7) is 2.58. The number of piperazine rings is 1. The van der Waals surface area contributed by atoms with Crippen molar-refractivity contribution in [3.8, 4) is 0 Å². The smallest absolute Gasteiger partial charge is 0.283 e. The maximum Gasteiger partial charge on any atom is 0.283 e. The number of nitrogens with zero attached hydrogens (tertiary/aromatic N) is 2. The second-order valence-electron chi connectivity index (χ2n) is 4.42. The highest BCUT2D eigenvalue weighted by Gasteiger charge is 2.24. The van der Waals surface area contributed by atoms with Crippen LogP contribution in [0.1, 0.15) is 11.6 Å². The Morgan fingerprint density at radius 2 is 2.16 bits per heavy atom. The number of nitrogens with one attached hydrogen (secondary N) is 1. The highest BCUT2D eigenvalue weighted by atomic mass is 79.9. The van der Waals surface area contributed by atoms with Gasteiger partial charge in [0.15, 0.2) is 0 Å². The molecule has 1 heterocycles. The fourth-order valence-electron chi connectivity index (χ4n) is 2.27. The van der Waals surface area contributed by atoms with E-state index in [1.54, 1.807) is 12.1 Å². The molecular weight excluding hydrogens is 317 g/mol. The molecule has 0 bridgehead atoms. The van der Waals surface area contributed by atoms with Gasteiger partial charge in [-0.1, -0.05) is 6.07 Å². The molecule has 0 saturated carbocycles. The molecular formula is C12H15BrFN3O2. The summed E-state index contributed by atoms with van der Waals surface area (Å²) < 4.78 is 13.7. The Kier molecular flexibility index (Phi) is 4.84. The molecule has 1 fully saturated rings. The minimum atomic E-state index is -0.543. The molecule has 1 saturated heterocycles. The molecule has 1 N–H and O–H groups in total. The number of rotatable bonds is 4. The summed E-state index contributed by atoms with van der Waals surface area (Å²) in [4.78, 5) is 12.5. The van der Waals surface area contributed by atoms with Gasteiger partial charge in [0.2, 0.25) is 0 Å². The van der Waals surface area contributed by atoms with Crippen molar-refractivity contribution in [1.29, 1.82) is 0 Å². The zero-order chi connectivity index (χ0) is 13.8. The van der Waals surface area contributed by atoms with Gasteiger partial charge in [0, 0.05) is 32.2 Å². The van der Waals surface area contributed by atoms with Crippen LogP contribution in [0.5, 0.6) is 0 Å². The average Bonchev–Trinajstić information content (AvgIpc) is 2.42. The first kappa shape index (κ1) is 14.4. The summed E-state index contributed by atoms with van der Waals surface area (Å²) in [7, 11) is 0. The van der Waals surface area contributed by atoms with Crippen molar-refractivity contribution in [2.45, 2.75) is 6.04 Å². The lowest BCUT2D eigenvalue weighted by Gasteiger charge is -2.33. The lowest BCUT2D eigenvalue weighted by molar-refractivity contribution is -0.385. The van der Waals surface area contributed by atoms with Gasteiger partial charge in [-0.05, 0) is 27.6 Å². The fourth-order valence-corrected chi connectivity index (χ4v) is 2.66. The number of hydrogen-bond acceptors (Lipinski definition) is 4. The predicted octanol–water partition coefficient (Wildman–Crippen LogP) is 2.27. The SMILES string of the molecule is O=[N+]([O-])c1cc([C@H](CF)N2CCNCC2)ccc1Br. The van der Waals surface area contributed by atoms with Gasteiger partial charge in [0.1, 0.15) is 6.67 Å². The van der Waals surface area contributed by atoms with E-state index in [1.807, 2.05) is 4.90 Å². The van der Waals surface area contributed by atoms with Gasteiger partial charge in [-0.3, -0.25) is 15.0 Å². The molecule has 0 aromatic heterocycles. The average molecular weight is 332 g/mol. The fraction of sp³-hybridized carbons (Fsp3) is 0.500.